The maximum absolute atomic E-state index is 14.5. The fourth-order valence-corrected chi connectivity index (χ4v) is 4.79. The van der Waals surface area contributed by atoms with Crippen molar-refractivity contribution in [3.63, 3.8) is 0 Å². The van der Waals surface area contributed by atoms with Gasteiger partial charge in [0.15, 0.2) is 0 Å². The number of nitrogens with one attached hydrogen (secondary N) is 1. The topological polar surface area (TPSA) is 152 Å². The molecular weight excluding hydrogens is 553 g/mol. The number of carbonyl (C=O) groups is 3. The molecule has 3 N–H and O–H groups in total. The van der Waals surface area contributed by atoms with E-state index in [1.165, 1.54) is 15.9 Å². The van der Waals surface area contributed by atoms with E-state index in [-0.39, 0.29) is 49.4 Å². The van der Waals surface area contributed by atoms with E-state index in [0.717, 1.165) is 23.3 Å². The summed E-state index contributed by atoms with van der Waals surface area (Å²) in [6.07, 6.45) is -0.609. The van der Waals surface area contributed by atoms with Gasteiger partial charge in [0.05, 0.1) is 16.1 Å². The molecule has 4 rings (SSSR count). The summed E-state index contributed by atoms with van der Waals surface area (Å²) in [5, 5.41) is 7.96. The normalized spacial score (nSPS) is 15.4. The second kappa shape index (κ2) is 10.5. The van der Waals surface area contributed by atoms with Crippen LogP contribution in [0.5, 0.6) is 0 Å². The minimum atomic E-state index is -4.10. The smallest absolute Gasteiger partial charge is 0.410 e. The number of rotatable bonds is 5. The van der Waals surface area contributed by atoms with Crippen molar-refractivity contribution in [2.75, 3.05) is 31.5 Å². The van der Waals surface area contributed by atoms with Gasteiger partial charge in [0.2, 0.25) is 15.9 Å². The van der Waals surface area contributed by atoms with Gasteiger partial charge in [0.1, 0.15) is 23.3 Å². The number of anilines is 1. The van der Waals surface area contributed by atoms with Crippen LogP contribution in [0.2, 0.25) is 5.15 Å². The predicted octanol–water partition coefficient (Wildman–Crippen LogP) is 2.91. The van der Waals surface area contributed by atoms with E-state index in [4.69, 9.17) is 21.5 Å². The van der Waals surface area contributed by atoms with Crippen LogP contribution in [0, 0.1) is 11.2 Å². The Morgan fingerprint density at radius 3 is 2.26 bits per heavy atom. The summed E-state index contributed by atoms with van der Waals surface area (Å²) in [5.41, 5.74) is 1.42. The highest BCUT2D eigenvalue weighted by molar-refractivity contribution is 7.89. The van der Waals surface area contributed by atoms with E-state index in [1.54, 1.807) is 26.8 Å². The van der Waals surface area contributed by atoms with Crippen molar-refractivity contribution in [3.05, 3.63) is 63.7 Å². The molecule has 2 aliphatic rings. The monoisotopic (exact) mass is 579 g/mol. The first-order valence-corrected chi connectivity index (χ1v) is 13.8. The quantitative estimate of drug-likeness (QED) is 0.408. The summed E-state index contributed by atoms with van der Waals surface area (Å²) >= 11 is 6.00. The van der Waals surface area contributed by atoms with Crippen molar-refractivity contribution in [1.82, 2.24) is 14.8 Å². The summed E-state index contributed by atoms with van der Waals surface area (Å²) in [5.74, 6) is -1.83. The Hall–Kier alpha value is -3.55. The lowest BCUT2D eigenvalue weighted by Crippen LogP contribution is -2.37. The number of hydrogen-bond donors (Lipinski definition) is 2. The fourth-order valence-electron chi connectivity index (χ4n) is 4.10. The van der Waals surface area contributed by atoms with Crippen molar-refractivity contribution in [2.24, 2.45) is 10.6 Å². The number of benzene rings is 1. The highest BCUT2D eigenvalue weighted by Crippen LogP contribution is 2.29. The molecule has 3 heterocycles. The van der Waals surface area contributed by atoms with Crippen molar-refractivity contribution in [1.29, 1.82) is 0 Å². The number of pyridine rings is 1. The van der Waals surface area contributed by atoms with Crippen LogP contribution in [0.4, 0.5) is 14.9 Å². The van der Waals surface area contributed by atoms with Crippen LogP contribution >= 0.6 is 11.6 Å². The Morgan fingerprint density at radius 1 is 1.08 bits per heavy atom. The van der Waals surface area contributed by atoms with Gasteiger partial charge in [-0.1, -0.05) is 32.4 Å². The second-order valence-electron chi connectivity index (χ2n) is 10.3. The molecule has 208 valence electrons. The second-order valence-corrected chi connectivity index (χ2v) is 12.2. The summed E-state index contributed by atoms with van der Waals surface area (Å²) in [4.78, 5) is 44.7. The van der Waals surface area contributed by atoms with E-state index in [0.29, 0.717) is 17.4 Å². The van der Waals surface area contributed by atoms with Crippen LogP contribution in [0.1, 0.15) is 36.8 Å². The minimum Gasteiger partial charge on any atom is -0.443 e. The molecule has 3 amide bonds. The molecule has 1 aromatic heterocycles. The molecule has 0 unspecified atom stereocenters. The van der Waals surface area contributed by atoms with Gasteiger partial charge in [-0.15, -0.1) is 0 Å². The average Bonchev–Trinajstić information content (AvgIpc) is 3.42. The molecule has 0 spiro atoms. The molecule has 0 fully saturated rings. The number of primary sulfonamides is 1. The van der Waals surface area contributed by atoms with E-state index in [2.05, 4.69) is 10.3 Å². The maximum Gasteiger partial charge on any atom is 0.410 e. The van der Waals surface area contributed by atoms with Crippen LogP contribution in [0.25, 0.3) is 0 Å². The molecule has 39 heavy (non-hydrogen) atoms. The Labute approximate surface area is 229 Å². The zero-order valence-corrected chi connectivity index (χ0v) is 23.0. The third-order valence-electron chi connectivity index (χ3n) is 6.27. The number of nitrogens with zero attached hydrogens (tertiary/aromatic N) is 3. The summed E-state index contributed by atoms with van der Waals surface area (Å²) in [6.45, 7) is 5.89. The number of carbonyl (C=O) groups excluding carboxylic acids is 3. The van der Waals surface area contributed by atoms with Crippen LogP contribution < -0.4 is 10.5 Å². The van der Waals surface area contributed by atoms with Crippen molar-refractivity contribution < 1.29 is 31.9 Å². The van der Waals surface area contributed by atoms with Gasteiger partial charge in [-0.25, -0.2) is 27.7 Å². The van der Waals surface area contributed by atoms with E-state index in [9.17, 15) is 27.2 Å². The molecule has 11 nitrogen and oxygen atoms in total. The number of hydrogen-bond acceptors (Lipinski definition) is 7. The third kappa shape index (κ3) is 6.37. The van der Waals surface area contributed by atoms with Crippen LogP contribution in [-0.2, 0) is 26.2 Å². The van der Waals surface area contributed by atoms with E-state index < -0.39 is 38.2 Å². The first kappa shape index (κ1) is 28.5. The molecular formula is C25H27ClFN5O6S. The molecule has 14 heteroatoms. The number of halogens is 2. The lowest BCUT2D eigenvalue weighted by atomic mass is 9.95. The van der Waals surface area contributed by atoms with Gasteiger partial charge >= 0.3 is 6.09 Å². The van der Waals surface area contributed by atoms with Gasteiger partial charge in [-0.3, -0.25) is 9.59 Å². The largest absolute Gasteiger partial charge is 0.443 e. The molecule has 0 bridgehead atoms. The highest BCUT2D eigenvalue weighted by Gasteiger charge is 2.36. The SMILES string of the molecule is CC(C)(C)C(=O)Nc1ccc(Cl)nc1COC(=O)N1CC2=C(C1)CN(C(=O)c1ccc(S(N)(=O)=O)cc1F)C2. The summed E-state index contributed by atoms with van der Waals surface area (Å²) in [7, 11) is -4.10. The molecule has 0 atom stereocenters. The lowest BCUT2D eigenvalue weighted by molar-refractivity contribution is -0.123. The minimum absolute atomic E-state index is 0.178. The number of amides is 3. The zero-order valence-electron chi connectivity index (χ0n) is 21.5. The first-order chi connectivity index (χ1) is 18.1. The third-order valence-corrected chi connectivity index (χ3v) is 7.40. The van der Waals surface area contributed by atoms with E-state index in [1.807, 2.05) is 0 Å². The van der Waals surface area contributed by atoms with Crippen molar-refractivity contribution in [3.8, 4) is 0 Å². The lowest BCUT2D eigenvalue weighted by Gasteiger charge is -2.23. The molecule has 2 aromatic rings. The maximum atomic E-state index is 14.5. The number of aromatic nitrogens is 1. The van der Waals surface area contributed by atoms with Gasteiger partial charge in [0, 0.05) is 31.6 Å². The van der Waals surface area contributed by atoms with Crippen molar-refractivity contribution >= 4 is 45.2 Å². The number of nitrogens with two attached hydrogens (primary N) is 1. The van der Waals surface area contributed by atoms with Gasteiger partial charge < -0.3 is 19.9 Å². The standard InChI is InChI=1S/C25H27ClFN5O6S/c1-25(2,3)23(34)30-19-6-7-21(26)29-20(19)13-38-24(35)32-11-14-9-31(10-15(14)12-32)22(33)17-5-4-16(8-18(17)27)39(28,36)37/h4-8H,9-13H2,1-3H3,(H,30,34)(H2,28,36,37). The molecule has 0 saturated heterocycles. The Morgan fingerprint density at radius 2 is 1.69 bits per heavy atom. The number of sulfonamides is 1. The van der Waals surface area contributed by atoms with Crippen molar-refractivity contribution in [2.45, 2.75) is 32.3 Å². The molecule has 0 aliphatic carbocycles. The van der Waals surface area contributed by atoms with Gasteiger partial charge in [-0.05, 0) is 41.5 Å². The molecule has 1 aromatic carbocycles. The number of ether oxygens (including phenoxy) is 1. The average molecular weight is 580 g/mol. The molecule has 0 radical (unpaired) electrons. The highest BCUT2D eigenvalue weighted by atomic mass is 35.5. The fraction of sp³-hybridized carbons (Fsp3) is 0.360. The first-order valence-electron chi connectivity index (χ1n) is 11.8. The summed E-state index contributed by atoms with van der Waals surface area (Å²) < 4.78 is 42.7. The van der Waals surface area contributed by atoms with Gasteiger partial charge in [-0.2, -0.15) is 0 Å². The summed E-state index contributed by atoms with van der Waals surface area (Å²) in [6, 6.07) is 5.99. The van der Waals surface area contributed by atoms with Crippen LogP contribution in [0.3, 0.4) is 0 Å². The van der Waals surface area contributed by atoms with E-state index >= 15 is 0 Å². The zero-order chi connectivity index (χ0) is 28.7. The Bertz CT molecular complexity index is 1490. The molecule has 2 aliphatic heterocycles. The Kier molecular flexibility index (Phi) is 7.70. The molecule has 0 saturated carbocycles. The van der Waals surface area contributed by atoms with Crippen LogP contribution in [0.15, 0.2) is 46.4 Å². The van der Waals surface area contributed by atoms with Gasteiger partial charge in [0.25, 0.3) is 5.91 Å². The van der Waals surface area contributed by atoms with Crippen LogP contribution in [-0.4, -0.2) is 67.3 Å². The predicted molar refractivity (Wildman–Crippen MR) is 140 cm³/mol. The Balaban J connectivity index is 1.34.